The molecule has 1 N–H and O–H groups in total. The molecule has 0 spiro atoms. The molecular weight excluding hydrogens is 382 g/mol. The van der Waals surface area contributed by atoms with Crippen LogP contribution in [0.15, 0.2) is 64.7 Å². The summed E-state index contributed by atoms with van der Waals surface area (Å²) in [7, 11) is 1.78. The van der Waals surface area contributed by atoms with E-state index < -0.39 is 0 Å². The van der Waals surface area contributed by atoms with Crippen molar-refractivity contribution in [2.75, 3.05) is 33.2 Å². The number of hydrogen-bond donors (Lipinski definition) is 1. The molecule has 1 amide bonds. The van der Waals surface area contributed by atoms with Gasteiger partial charge in [0.05, 0.1) is 12.8 Å². The van der Waals surface area contributed by atoms with E-state index in [-0.39, 0.29) is 5.91 Å². The lowest BCUT2D eigenvalue weighted by Crippen LogP contribution is -2.53. The Balaban J connectivity index is 1.30. The number of guanidine groups is 1. The third-order valence-corrected chi connectivity index (χ3v) is 5.06. The van der Waals surface area contributed by atoms with Crippen LogP contribution in [0.25, 0.3) is 0 Å². The average molecular weight is 407 g/mol. The molecule has 1 saturated heterocycles. The predicted octanol–water partition coefficient (Wildman–Crippen LogP) is 1.45. The number of aliphatic imine (C=N–C) groups is 1. The zero-order valence-electron chi connectivity index (χ0n) is 16.9. The maximum absolute atomic E-state index is 12.4. The normalized spacial score (nSPS) is 14.8. The van der Waals surface area contributed by atoms with Gasteiger partial charge < -0.3 is 19.5 Å². The number of amides is 1. The van der Waals surface area contributed by atoms with E-state index >= 15 is 0 Å². The van der Waals surface area contributed by atoms with Crippen LogP contribution in [0.1, 0.15) is 21.7 Å². The van der Waals surface area contributed by atoms with E-state index in [1.165, 1.54) is 23.7 Å². The van der Waals surface area contributed by atoms with Gasteiger partial charge in [0.1, 0.15) is 12.7 Å². The Labute approximate surface area is 175 Å². The lowest BCUT2D eigenvalue weighted by atomic mass is 10.1. The number of nitrogens with zero attached hydrogens (tertiary/aromatic N) is 6. The van der Waals surface area contributed by atoms with Gasteiger partial charge in [-0.15, -0.1) is 0 Å². The van der Waals surface area contributed by atoms with Crippen molar-refractivity contribution in [3.63, 3.8) is 0 Å². The molecule has 2 aromatic heterocycles. The first-order chi connectivity index (χ1) is 14.7. The molecule has 1 aliphatic heterocycles. The highest BCUT2D eigenvalue weighted by atomic mass is 16.3. The highest BCUT2D eigenvalue weighted by Crippen LogP contribution is 2.10. The molecule has 0 unspecified atom stereocenters. The maximum Gasteiger partial charge on any atom is 0.289 e. The fourth-order valence-corrected chi connectivity index (χ4v) is 3.53. The van der Waals surface area contributed by atoms with Crippen molar-refractivity contribution < 1.29 is 9.21 Å². The molecule has 1 aromatic carbocycles. The Hall–Kier alpha value is -3.62. The first-order valence-corrected chi connectivity index (χ1v) is 9.91. The molecule has 4 rings (SSSR count). The molecule has 0 radical (unpaired) electrons. The predicted molar refractivity (Wildman–Crippen MR) is 112 cm³/mol. The summed E-state index contributed by atoms with van der Waals surface area (Å²) in [6, 6.07) is 11.8. The SMILES string of the molecule is CN=C(NCc1cccc(Cn2cncn2)c1)N1CCN(C(=O)c2ccco2)CC1. The average Bonchev–Trinajstić information content (AvgIpc) is 3.49. The van der Waals surface area contributed by atoms with Crippen molar-refractivity contribution in [2.45, 2.75) is 13.1 Å². The van der Waals surface area contributed by atoms with Crippen LogP contribution in [0.4, 0.5) is 0 Å². The monoisotopic (exact) mass is 407 g/mol. The third kappa shape index (κ3) is 4.68. The quantitative estimate of drug-likeness (QED) is 0.509. The molecular formula is C21H25N7O2. The Morgan fingerprint density at radius 2 is 1.93 bits per heavy atom. The van der Waals surface area contributed by atoms with Crippen LogP contribution in [-0.2, 0) is 13.1 Å². The number of piperazine rings is 1. The topological polar surface area (TPSA) is 91.8 Å². The van der Waals surface area contributed by atoms with Gasteiger partial charge in [-0.1, -0.05) is 24.3 Å². The van der Waals surface area contributed by atoms with E-state index in [1.807, 2.05) is 11.0 Å². The largest absolute Gasteiger partial charge is 0.459 e. The van der Waals surface area contributed by atoms with Gasteiger partial charge >= 0.3 is 0 Å². The number of carbonyl (C=O) groups is 1. The summed E-state index contributed by atoms with van der Waals surface area (Å²) >= 11 is 0. The second-order valence-corrected chi connectivity index (χ2v) is 7.07. The van der Waals surface area contributed by atoms with Gasteiger partial charge in [0, 0.05) is 39.8 Å². The van der Waals surface area contributed by atoms with Crippen molar-refractivity contribution in [1.82, 2.24) is 29.9 Å². The Bertz CT molecular complexity index is 975. The van der Waals surface area contributed by atoms with Gasteiger partial charge in [-0.25, -0.2) is 9.67 Å². The van der Waals surface area contributed by atoms with Crippen molar-refractivity contribution >= 4 is 11.9 Å². The van der Waals surface area contributed by atoms with Crippen LogP contribution in [0.2, 0.25) is 0 Å². The summed E-state index contributed by atoms with van der Waals surface area (Å²) in [6.07, 6.45) is 4.77. The van der Waals surface area contributed by atoms with Crippen LogP contribution < -0.4 is 5.32 Å². The molecule has 0 bridgehead atoms. The standard InChI is InChI=1S/C21H25N7O2/c1-22-21(27-9-7-26(8-10-27)20(29)19-6-3-11-30-19)24-13-17-4-2-5-18(12-17)14-28-16-23-15-25-28/h2-6,11-12,15-16H,7-10,13-14H2,1H3,(H,22,24). The Kier molecular flexibility index (Phi) is 6.07. The number of furan rings is 1. The number of hydrogen-bond acceptors (Lipinski definition) is 5. The van der Waals surface area contributed by atoms with E-state index in [9.17, 15) is 4.79 Å². The van der Waals surface area contributed by atoms with Crippen molar-refractivity contribution in [1.29, 1.82) is 0 Å². The van der Waals surface area contributed by atoms with Gasteiger partial charge in [0.15, 0.2) is 11.7 Å². The number of aromatic nitrogens is 3. The molecule has 3 aromatic rings. The number of nitrogens with one attached hydrogen (secondary N) is 1. The maximum atomic E-state index is 12.4. The van der Waals surface area contributed by atoms with Gasteiger partial charge in [-0.3, -0.25) is 9.79 Å². The smallest absolute Gasteiger partial charge is 0.289 e. The summed E-state index contributed by atoms with van der Waals surface area (Å²) < 4.78 is 7.02. The summed E-state index contributed by atoms with van der Waals surface area (Å²) in [4.78, 5) is 24.8. The molecule has 1 aliphatic rings. The Morgan fingerprint density at radius 1 is 1.13 bits per heavy atom. The van der Waals surface area contributed by atoms with Crippen LogP contribution in [0, 0.1) is 0 Å². The molecule has 1 fully saturated rings. The molecule has 3 heterocycles. The zero-order chi connectivity index (χ0) is 20.8. The highest BCUT2D eigenvalue weighted by Gasteiger charge is 2.25. The fourth-order valence-electron chi connectivity index (χ4n) is 3.53. The summed E-state index contributed by atoms with van der Waals surface area (Å²) in [5, 5.41) is 7.59. The summed E-state index contributed by atoms with van der Waals surface area (Å²) in [5.41, 5.74) is 2.33. The van der Waals surface area contributed by atoms with E-state index in [2.05, 4.69) is 43.5 Å². The van der Waals surface area contributed by atoms with Crippen LogP contribution in [0.3, 0.4) is 0 Å². The van der Waals surface area contributed by atoms with Crippen LogP contribution in [0.5, 0.6) is 0 Å². The molecule has 9 nitrogen and oxygen atoms in total. The molecule has 0 saturated carbocycles. The zero-order valence-corrected chi connectivity index (χ0v) is 16.9. The number of rotatable bonds is 5. The van der Waals surface area contributed by atoms with Crippen molar-refractivity contribution in [3.8, 4) is 0 Å². The summed E-state index contributed by atoms with van der Waals surface area (Å²) in [5.74, 6) is 1.16. The minimum absolute atomic E-state index is 0.0632. The highest BCUT2D eigenvalue weighted by molar-refractivity contribution is 5.91. The lowest BCUT2D eigenvalue weighted by molar-refractivity contribution is 0.0657. The minimum atomic E-state index is -0.0632. The van der Waals surface area contributed by atoms with E-state index in [1.54, 1.807) is 30.2 Å². The van der Waals surface area contributed by atoms with Gasteiger partial charge in [0.2, 0.25) is 0 Å². The first kappa shape index (κ1) is 19.7. The molecule has 0 atom stereocenters. The molecule has 156 valence electrons. The van der Waals surface area contributed by atoms with E-state index in [4.69, 9.17) is 4.42 Å². The van der Waals surface area contributed by atoms with E-state index in [0.29, 0.717) is 31.9 Å². The molecule has 30 heavy (non-hydrogen) atoms. The van der Waals surface area contributed by atoms with Crippen molar-refractivity contribution in [2.24, 2.45) is 4.99 Å². The van der Waals surface area contributed by atoms with Crippen LogP contribution in [-0.4, -0.2) is 69.7 Å². The van der Waals surface area contributed by atoms with Gasteiger partial charge in [-0.2, -0.15) is 5.10 Å². The van der Waals surface area contributed by atoms with Crippen molar-refractivity contribution in [3.05, 3.63) is 72.2 Å². The Morgan fingerprint density at radius 3 is 2.63 bits per heavy atom. The lowest BCUT2D eigenvalue weighted by Gasteiger charge is -2.36. The van der Waals surface area contributed by atoms with Gasteiger partial charge in [-0.05, 0) is 23.3 Å². The molecule has 9 heteroatoms. The second kappa shape index (κ2) is 9.25. The molecule has 0 aliphatic carbocycles. The third-order valence-electron chi connectivity index (χ3n) is 5.06. The second-order valence-electron chi connectivity index (χ2n) is 7.07. The van der Waals surface area contributed by atoms with E-state index in [0.717, 1.165) is 19.0 Å². The first-order valence-electron chi connectivity index (χ1n) is 9.91. The van der Waals surface area contributed by atoms with Crippen LogP contribution >= 0.6 is 0 Å². The minimum Gasteiger partial charge on any atom is -0.459 e. The summed E-state index contributed by atoms with van der Waals surface area (Å²) in [6.45, 7) is 4.07. The van der Waals surface area contributed by atoms with Gasteiger partial charge in [0.25, 0.3) is 5.91 Å². The number of benzene rings is 1. The number of carbonyl (C=O) groups excluding carboxylic acids is 1. The fraction of sp³-hybridized carbons (Fsp3) is 0.333.